The van der Waals surface area contributed by atoms with Crippen molar-refractivity contribution >= 4 is 17.7 Å². The van der Waals surface area contributed by atoms with Gasteiger partial charge in [-0.1, -0.05) is 6.92 Å². The molecule has 0 saturated carbocycles. The van der Waals surface area contributed by atoms with Crippen molar-refractivity contribution in [1.29, 1.82) is 0 Å². The molecule has 0 aromatic carbocycles. The number of likely N-dealkylation sites (tertiary alicyclic amines) is 1. The van der Waals surface area contributed by atoms with E-state index in [1.807, 2.05) is 31.3 Å². The van der Waals surface area contributed by atoms with Crippen LogP contribution in [-0.2, 0) is 0 Å². The molecule has 1 saturated heterocycles. The SMILES string of the molecule is CN=C(NCCCSC)N1CCC(C)C(n2ccnc2)C1. The molecule has 1 fully saturated rings. The quantitative estimate of drug-likeness (QED) is 0.514. The summed E-state index contributed by atoms with van der Waals surface area (Å²) in [6.45, 7) is 5.40. The second kappa shape index (κ2) is 8.32. The van der Waals surface area contributed by atoms with Crippen molar-refractivity contribution in [1.82, 2.24) is 19.8 Å². The summed E-state index contributed by atoms with van der Waals surface area (Å²) in [5.41, 5.74) is 0. The van der Waals surface area contributed by atoms with Crippen LogP contribution in [0.1, 0.15) is 25.8 Å². The van der Waals surface area contributed by atoms with Crippen molar-refractivity contribution in [2.75, 3.05) is 38.7 Å². The van der Waals surface area contributed by atoms with Crippen LogP contribution in [-0.4, -0.2) is 59.1 Å². The van der Waals surface area contributed by atoms with Gasteiger partial charge >= 0.3 is 0 Å². The average Bonchev–Trinajstić information content (AvgIpc) is 3.02. The highest BCUT2D eigenvalue weighted by molar-refractivity contribution is 7.98. The first-order chi connectivity index (χ1) is 10.3. The van der Waals surface area contributed by atoms with E-state index < -0.39 is 0 Å². The van der Waals surface area contributed by atoms with Gasteiger partial charge in [-0.3, -0.25) is 4.99 Å². The van der Waals surface area contributed by atoms with E-state index in [1.54, 1.807) is 0 Å². The molecule has 6 heteroatoms. The molecule has 0 bridgehead atoms. The first-order valence-electron chi connectivity index (χ1n) is 7.68. The van der Waals surface area contributed by atoms with Gasteiger partial charge in [-0.05, 0) is 30.8 Å². The van der Waals surface area contributed by atoms with Crippen molar-refractivity contribution in [3.63, 3.8) is 0 Å². The minimum atomic E-state index is 0.478. The van der Waals surface area contributed by atoms with Crippen LogP contribution >= 0.6 is 11.8 Å². The molecule has 1 aromatic rings. The van der Waals surface area contributed by atoms with Gasteiger partial charge in [-0.15, -0.1) is 0 Å². The highest BCUT2D eigenvalue weighted by Gasteiger charge is 2.28. The molecule has 0 amide bonds. The van der Waals surface area contributed by atoms with Gasteiger partial charge in [0, 0.05) is 39.1 Å². The Bertz CT molecular complexity index is 431. The lowest BCUT2D eigenvalue weighted by Crippen LogP contribution is -2.49. The molecule has 1 N–H and O–H groups in total. The van der Waals surface area contributed by atoms with Crippen LogP contribution in [0.15, 0.2) is 23.7 Å². The van der Waals surface area contributed by atoms with E-state index in [1.165, 1.54) is 18.6 Å². The lowest BCUT2D eigenvalue weighted by atomic mass is 9.93. The fourth-order valence-electron chi connectivity index (χ4n) is 2.84. The van der Waals surface area contributed by atoms with Crippen LogP contribution in [0.4, 0.5) is 0 Å². The molecule has 2 rings (SSSR count). The number of thioether (sulfide) groups is 1. The van der Waals surface area contributed by atoms with Gasteiger partial charge in [0.15, 0.2) is 5.96 Å². The first-order valence-corrected chi connectivity index (χ1v) is 9.07. The summed E-state index contributed by atoms with van der Waals surface area (Å²) >= 11 is 1.89. The third-order valence-corrected chi connectivity index (χ3v) is 4.84. The first kappa shape index (κ1) is 16.2. The molecule has 0 aliphatic carbocycles. The second-order valence-corrected chi connectivity index (χ2v) is 6.60. The fourth-order valence-corrected chi connectivity index (χ4v) is 3.28. The predicted molar refractivity (Wildman–Crippen MR) is 91.0 cm³/mol. The van der Waals surface area contributed by atoms with Crippen molar-refractivity contribution in [2.45, 2.75) is 25.8 Å². The van der Waals surface area contributed by atoms with E-state index in [0.717, 1.165) is 25.6 Å². The Morgan fingerprint density at radius 2 is 2.38 bits per heavy atom. The zero-order chi connectivity index (χ0) is 15.1. The minimum Gasteiger partial charge on any atom is -0.356 e. The Morgan fingerprint density at radius 1 is 1.52 bits per heavy atom. The number of nitrogens with one attached hydrogen (secondary N) is 1. The molecule has 118 valence electrons. The smallest absolute Gasteiger partial charge is 0.193 e. The maximum absolute atomic E-state index is 4.45. The van der Waals surface area contributed by atoms with Gasteiger partial charge in [0.05, 0.1) is 12.4 Å². The molecular weight excluding hydrogens is 282 g/mol. The van der Waals surface area contributed by atoms with Crippen LogP contribution in [0.25, 0.3) is 0 Å². The molecule has 1 aromatic heterocycles. The number of hydrogen-bond acceptors (Lipinski definition) is 3. The summed E-state index contributed by atoms with van der Waals surface area (Å²) in [4.78, 5) is 11.0. The van der Waals surface area contributed by atoms with Crippen molar-refractivity contribution in [3.05, 3.63) is 18.7 Å². The van der Waals surface area contributed by atoms with Gasteiger partial charge in [0.1, 0.15) is 0 Å². The number of aliphatic imine (C=N–C) groups is 1. The molecule has 1 aliphatic rings. The number of imidazole rings is 1. The molecule has 5 nitrogen and oxygen atoms in total. The Labute approximate surface area is 132 Å². The summed E-state index contributed by atoms with van der Waals surface area (Å²) in [7, 11) is 1.88. The molecule has 0 spiro atoms. The standard InChI is InChI=1S/C15H27N5S/c1-13-5-8-19(11-14(13)20-9-7-17-12-20)15(16-2)18-6-4-10-21-3/h7,9,12-14H,4-6,8,10-11H2,1-3H3,(H,16,18). The number of hydrogen-bond donors (Lipinski definition) is 1. The zero-order valence-electron chi connectivity index (χ0n) is 13.3. The van der Waals surface area contributed by atoms with Crippen molar-refractivity contribution < 1.29 is 0 Å². The predicted octanol–water partition coefficient (Wildman–Crippen LogP) is 2.09. The Balaban J connectivity index is 1.93. The van der Waals surface area contributed by atoms with Crippen LogP contribution in [0.2, 0.25) is 0 Å². The van der Waals surface area contributed by atoms with E-state index in [-0.39, 0.29) is 0 Å². The molecular formula is C15H27N5S. The van der Waals surface area contributed by atoms with Crippen LogP contribution in [0, 0.1) is 5.92 Å². The van der Waals surface area contributed by atoms with Gasteiger partial charge in [0.25, 0.3) is 0 Å². The van der Waals surface area contributed by atoms with E-state index in [0.29, 0.717) is 12.0 Å². The monoisotopic (exact) mass is 309 g/mol. The third-order valence-electron chi connectivity index (χ3n) is 4.15. The molecule has 1 aliphatic heterocycles. The van der Waals surface area contributed by atoms with Crippen LogP contribution in [0.3, 0.4) is 0 Å². The summed E-state index contributed by atoms with van der Waals surface area (Å²) in [6, 6.07) is 0.478. The molecule has 21 heavy (non-hydrogen) atoms. The molecule has 2 atom stereocenters. The molecule has 2 heterocycles. The number of aromatic nitrogens is 2. The summed E-state index contributed by atoms with van der Waals surface area (Å²) in [5.74, 6) is 2.90. The Kier molecular flexibility index (Phi) is 6.42. The number of nitrogens with zero attached hydrogens (tertiary/aromatic N) is 4. The zero-order valence-corrected chi connectivity index (χ0v) is 14.1. The van der Waals surface area contributed by atoms with E-state index in [2.05, 4.69) is 44.1 Å². The number of rotatable bonds is 5. The van der Waals surface area contributed by atoms with Crippen molar-refractivity contribution in [3.8, 4) is 0 Å². The second-order valence-electron chi connectivity index (χ2n) is 5.61. The lowest BCUT2D eigenvalue weighted by molar-refractivity contribution is 0.189. The van der Waals surface area contributed by atoms with E-state index >= 15 is 0 Å². The van der Waals surface area contributed by atoms with Gasteiger partial charge < -0.3 is 14.8 Å². The lowest BCUT2D eigenvalue weighted by Gasteiger charge is -2.39. The third kappa shape index (κ3) is 4.40. The summed E-state index contributed by atoms with van der Waals surface area (Å²) in [5, 5.41) is 3.49. The largest absolute Gasteiger partial charge is 0.356 e. The minimum absolute atomic E-state index is 0.478. The summed E-state index contributed by atoms with van der Waals surface area (Å²) in [6.07, 6.45) is 10.4. The summed E-state index contributed by atoms with van der Waals surface area (Å²) < 4.78 is 2.23. The van der Waals surface area contributed by atoms with Gasteiger partial charge in [0.2, 0.25) is 0 Å². The maximum Gasteiger partial charge on any atom is 0.193 e. The van der Waals surface area contributed by atoms with Crippen LogP contribution < -0.4 is 5.32 Å². The highest BCUT2D eigenvalue weighted by Crippen LogP contribution is 2.27. The maximum atomic E-state index is 4.45. The van der Waals surface area contributed by atoms with E-state index in [4.69, 9.17) is 0 Å². The Hall–Kier alpha value is -1.17. The normalized spacial score (nSPS) is 23.4. The number of guanidine groups is 1. The fraction of sp³-hybridized carbons (Fsp3) is 0.733. The van der Waals surface area contributed by atoms with Crippen LogP contribution in [0.5, 0.6) is 0 Å². The molecule has 0 radical (unpaired) electrons. The van der Waals surface area contributed by atoms with Gasteiger partial charge in [-0.25, -0.2) is 4.98 Å². The molecule has 2 unspecified atom stereocenters. The average molecular weight is 309 g/mol. The number of piperidine rings is 1. The topological polar surface area (TPSA) is 45.5 Å². The highest BCUT2D eigenvalue weighted by atomic mass is 32.2. The van der Waals surface area contributed by atoms with Crippen molar-refractivity contribution in [2.24, 2.45) is 10.9 Å². The van der Waals surface area contributed by atoms with Gasteiger partial charge in [-0.2, -0.15) is 11.8 Å². The van der Waals surface area contributed by atoms with E-state index in [9.17, 15) is 0 Å². The Morgan fingerprint density at radius 3 is 3.05 bits per heavy atom.